The van der Waals surface area contributed by atoms with Crippen LogP contribution in [0.2, 0.25) is 0 Å². The first-order valence-electron chi connectivity index (χ1n) is 9.64. The van der Waals surface area contributed by atoms with Crippen LogP contribution in [0.5, 0.6) is 0 Å². The Kier molecular flexibility index (Phi) is 12.6. The summed E-state index contributed by atoms with van der Waals surface area (Å²) in [4.78, 5) is 70.1. The molecule has 0 heterocycles. The second-order valence-electron chi connectivity index (χ2n) is 7.39. The molecule has 0 radical (unpaired) electrons. The topological polar surface area (TPSA) is 231 Å². The van der Waals surface area contributed by atoms with Gasteiger partial charge in [0.05, 0.1) is 19.1 Å². The Hall–Kier alpha value is -3.06. The Morgan fingerprint density at radius 2 is 1.52 bits per heavy atom. The van der Waals surface area contributed by atoms with Crippen LogP contribution in [0.4, 0.5) is 0 Å². The predicted octanol–water partition coefficient (Wildman–Crippen LogP) is -3.25. The van der Waals surface area contributed by atoms with E-state index >= 15 is 0 Å². The van der Waals surface area contributed by atoms with Gasteiger partial charge >= 0.3 is 5.97 Å². The Bertz CT molecular complexity index is 669. The van der Waals surface area contributed by atoms with Crippen LogP contribution in [0.1, 0.15) is 39.5 Å². The summed E-state index contributed by atoms with van der Waals surface area (Å²) in [7, 11) is 0. The van der Waals surface area contributed by atoms with Gasteiger partial charge in [0.15, 0.2) is 0 Å². The average Bonchev–Trinajstić information content (AvgIpc) is 2.67. The molecule has 0 aliphatic carbocycles. The summed E-state index contributed by atoms with van der Waals surface area (Å²) in [6.07, 6.45) is -0.653. The number of carboxylic acids is 1. The Morgan fingerprint density at radius 1 is 0.968 bits per heavy atom. The fraction of sp³-hybridized carbons (Fsp3) is 0.667. The summed E-state index contributed by atoms with van der Waals surface area (Å²) in [5.74, 6) is -4.55. The molecule has 13 heteroatoms. The molecule has 13 nitrogen and oxygen atoms in total. The zero-order chi connectivity index (χ0) is 24.1. The van der Waals surface area contributed by atoms with Crippen LogP contribution in [0.15, 0.2) is 0 Å². The molecule has 9 N–H and O–H groups in total. The normalized spacial score (nSPS) is 14.6. The number of primary amides is 1. The van der Waals surface area contributed by atoms with E-state index in [0.29, 0.717) is 0 Å². The molecule has 4 amide bonds. The molecular weight excluding hydrogens is 414 g/mol. The van der Waals surface area contributed by atoms with Gasteiger partial charge in [-0.05, 0) is 18.8 Å². The molecule has 0 saturated heterocycles. The van der Waals surface area contributed by atoms with Crippen LogP contribution in [0, 0.1) is 5.92 Å². The molecule has 0 aromatic heterocycles. The third kappa shape index (κ3) is 11.6. The molecule has 0 rings (SSSR count). The van der Waals surface area contributed by atoms with Gasteiger partial charge in [-0.15, -0.1) is 0 Å². The summed E-state index contributed by atoms with van der Waals surface area (Å²) < 4.78 is 0. The summed E-state index contributed by atoms with van der Waals surface area (Å²) in [5.41, 5.74) is 10.5. The summed E-state index contributed by atoms with van der Waals surface area (Å²) >= 11 is 0. The highest BCUT2D eigenvalue weighted by atomic mass is 16.4. The third-order valence-corrected chi connectivity index (χ3v) is 4.07. The zero-order valence-corrected chi connectivity index (χ0v) is 17.5. The number of hydrogen-bond acceptors (Lipinski definition) is 8. The van der Waals surface area contributed by atoms with Crippen LogP contribution in [0.25, 0.3) is 0 Å². The van der Waals surface area contributed by atoms with Crippen LogP contribution in [-0.4, -0.2) is 76.9 Å². The predicted molar refractivity (Wildman–Crippen MR) is 107 cm³/mol. The lowest BCUT2D eigenvalue weighted by Gasteiger charge is -2.25. The smallest absolute Gasteiger partial charge is 0.305 e. The molecule has 0 aromatic carbocycles. The quantitative estimate of drug-likeness (QED) is 0.125. The second kappa shape index (κ2) is 14.0. The number of aldehydes is 1. The Morgan fingerprint density at radius 3 is 1.97 bits per heavy atom. The van der Waals surface area contributed by atoms with Crippen molar-refractivity contribution in [1.29, 1.82) is 0 Å². The van der Waals surface area contributed by atoms with Crippen molar-refractivity contribution in [2.75, 3.05) is 6.61 Å². The lowest BCUT2D eigenvalue weighted by Crippen LogP contribution is -2.57. The van der Waals surface area contributed by atoms with Crippen LogP contribution in [0.3, 0.4) is 0 Å². The molecule has 0 aliphatic heterocycles. The van der Waals surface area contributed by atoms with Crippen molar-refractivity contribution >= 4 is 35.9 Å². The van der Waals surface area contributed by atoms with Gasteiger partial charge in [0.2, 0.25) is 23.6 Å². The van der Waals surface area contributed by atoms with E-state index < -0.39 is 66.8 Å². The van der Waals surface area contributed by atoms with Crippen LogP contribution >= 0.6 is 0 Å². The third-order valence-electron chi connectivity index (χ3n) is 4.07. The molecule has 0 aliphatic rings. The summed E-state index contributed by atoms with van der Waals surface area (Å²) in [6, 6.07) is -5.02. The molecule has 0 spiro atoms. The highest BCUT2D eigenvalue weighted by Crippen LogP contribution is 2.08. The number of amides is 4. The number of carboxylic acid groups (broad SMARTS) is 1. The lowest BCUT2D eigenvalue weighted by atomic mass is 10.0. The van der Waals surface area contributed by atoms with Gasteiger partial charge < -0.3 is 42.4 Å². The number of nitrogens with one attached hydrogen (secondary N) is 3. The minimum absolute atomic E-state index is 0.0772. The van der Waals surface area contributed by atoms with E-state index in [1.165, 1.54) is 0 Å². The van der Waals surface area contributed by atoms with Crippen molar-refractivity contribution in [1.82, 2.24) is 16.0 Å². The van der Waals surface area contributed by atoms with Gasteiger partial charge in [-0.25, -0.2) is 0 Å². The Balaban J connectivity index is 5.43. The maximum Gasteiger partial charge on any atom is 0.305 e. The van der Waals surface area contributed by atoms with Gasteiger partial charge in [0, 0.05) is 6.42 Å². The van der Waals surface area contributed by atoms with Crippen LogP contribution < -0.4 is 27.4 Å². The lowest BCUT2D eigenvalue weighted by molar-refractivity contribution is -0.139. The standard InChI is InChI=1S/C18H31N5O8/c1-9(2)5-13(18(31)21-10(7-24)6-15(27)28)23-17(30)12(3-4-14(20)26)22-16(29)11(19)8-25/h7,9-13,25H,3-6,8,19H2,1-2H3,(H2,20,26)(H,21,31)(H,22,29)(H,23,30)(H,27,28)/t10-,11-,12-,13-/m0/s1. The van der Waals surface area contributed by atoms with Crippen molar-refractivity contribution in [3.63, 3.8) is 0 Å². The largest absolute Gasteiger partial charge is 0.481 e. The molecule has 0 unspecified atom stereocenters. The maximum atomic E-state index is 12.7. The van der Waals surface area contributed by atoms with Gasteiger partial charge in [0.25, 0.3) is 0 Å². The minimum Gasteiger partial charge on any atom is -0.481 e. The number of rotatable bonds is 15. The van der Waals surface area contributed by atoms with Gasteiger partial charge in [0.1, 0.15) is 24.4 Å². The SMILES string of the molecule is CC(C)C[C@H](NC(=O)[C@H](CCC(N)=O)NC(=O)[C@@H](N)CO)C(=O)N[C@H](C=O)CC(=O)O. The summed E-state index contributed by atoms with van der Waals surface area (Å²) in [6.45, 7) is 2.87. The first kappa shape index (κ1) is 27.9. The van der Waals surface area contributed by atoms with E-state index in [0.717, 1.165) is 0 Å². The highest BCUT2D eigenvalue weighted by molar-refractivity contribution is 5.94. The van der Waals surface area contributed by atoms with Crippen molar-refractivity contribution in [2.24, 2.45) is 17.4 Å². The van der Waals surface area contributed by atoms with E-state index in [9.17, 15) is 28.8 Å². The molecule has 0 bridgehead atoms. The number of aliphatic carboxylic acids is 1. The van der Waals surface area contributed by atoms with Crippen molar-refractivity contribution in [3.05, 3.63) is 0 Å². The van der Waals surface area contributed by atoms with E-state index in [1.807, 2.05) is 0 Å². The maximum absolute atomic E-state index is 12.7. The van der Waals surface area contributed by atoms with Crippen molar-refractivity contribution in [3.8, 4) is 0 Å². The number of carbonyl (C=O) groups is 6. The highest BCUT2D eigenvalue weighted by Gasteiger charge is 2.29. The van der Waals surface area contributed by atoms with Crippen molar-refractivity contribution < 1.29 is 39.0 Å². The molecular formula is C18H31N5O8. The number of aliphatic hydroxyl groups is 1. The number of nitrogens with two attached hydrogens (primary N) is 2. The minimum atomic E-state index is -1.30. The van der Waals surface area contributed by atoms with Crippen LogP contribution in [-0.2, 0) is 28.8 Å². The number of carbonyl (C=O) groups excluding carboxylic acids is 5. The van der Waals surface area contributed by atoms with E-state index in [1.54, 1.807) is 13.8 Å². The fourth-order valence-corrected chi connectivity index (χ4v) is 2.50. The first-order valence-corrected chi connectivity index (χ1v) is 9.64. The molecule has 0 fully saturated rings. The van der Waals surface area contributed by atoms with Crippen molar-refractivity contribution in [2.45, 2.75) is 63.7 Å². The fourth-order valence-electron chi connectivity index (χ4n) is 2.50. The van der Waals surface area contributed by atoms with Gasteiger partial charge in [-0.2, -0.15) is 0 Å². The van der Waals surface area contributed by atoms with E-state index in [4.69, 9.17) is 21.7 Å². The second-order valence-corrected chi connectivity index (χ2v) is 7.39. The molecule has 0 aromatic rings. The average molecular weight is 445 g/mol. The summed E-state index contributed by atoms with van der Waals surface area (Å²) in [5, 5.41) is 24.7. The molecule has 176 valence electrons. The van der Waals surface area contributed by atoms with Gasteiger partial charge in [-0.1, -0.05) is 13.8 Å². The number of aliphatic hydroxyl groups excluding tert-OH is 1. The molecule has 4 atom stereocenters. The van der Waals surface area contributed by atoms with Gasteiger partial charge in [-0.3, -0.25) is 24.0 Å². The molecule has 0 saturated carbocycles. The zero-order valence-electron chi connectivity index (χ0n) is 17.5. The Labute approximate surface area is 179 Å². The van der Waals surface area contributed by atoms with E-state index in [-0.39, 0.29) is 31.5 Å². The first-order chi connectivity index (χ1) is 14.4. The molecule has 31 heavy (non-hydrogen) atoms. The number of hydrogen-bond donors (Lipinski definition) is 7. The van der Waals surface area contributed by atoms with E-state index in [2.05, 4.69) is 16.0 Å². The monoisotopic (exact) mass is 445 g/mol.